The molecule has 2 N–H and O–H groups in total. The minimum atomic E-state index is -0.896. The number of unbranched alkanes of at least 4 members (excludes halogenated alkanes) is 3. The number of carbonyl (C=O) groups is 3. The molecule has 2 aromatic carbocycles. The predicted molar refractivity (Wildman–Crippen MR) is 132 cm³/mol. The second kappa shape index (κ2) is 12.9. The second-order valence-corrected chi connectivity index (χ2v) is 8.76. The van der Waals surface area contributed by atoms with Crippen LogP contribution < -0.4 is 4.74 Å². The van der Waals surface area contributed by atoms with E-state index in [1.165, 1.54) is 0 Å². The summed E-state index contributed by atoms with van der Waals surface area (Å²) in [7, 11) is 1.57. The van der Waals surface area contributed by atoms with Gasteiger partial charge in [-0.25, -0.2) is 0 Å². The lowest BCUT2D eigenvalue weighted by molar-refractivity contribution is -0.137. The van der Waals surface area contributed by atoms with E-state index in [4.69, 9.17) is 9.84 Å². The monoisotopic (exact) mass is 479 g/mol. The SMILES string of the molecule is COc1ccc(C(=O)c2cccc(C(O)C=CC3CCC(=O)N3CCCCCCC(=O)O)c2)cc1. The van der Waals surface area contributed by atoms with E-state index in [0.717, 1.165) is 19.3 Å². The number of carboxylic acid groups (broad SMARTS) is 1. The number of likely N-dealkylation sites (tertiary alicyclic amines) is 1. The average molecular weight is 480 g/mol. The predicted octanol–water partition coefficient (Wildman–Crippen LogP) is 4.54. The molecule has 1 aliphatic heterocycles. The van der Waals surface area contributed by atoms with Crippen molar-refractivity contribution >= 4 is 17.7 Å². The third-order valence-electron chi connectivity index (χ3n) is 6.27. The Labute approximate surface area is 206 Å². The van der Waals surface area contributed by atoms with Gasteiger partial charge in [0.2, 0.25) is 5.91 Å². The first kappa shape index (κ1) is 26.2. The lowest BCUT2D eigenvalue weighted by Gasteiger charge is -2.22. The Hall–Kier alpha value is -3.45. The van der Waals surface area contributed by atoms with Gasteiger partial charge in [-0.15, -0.1) is 0 Å². The number of aliphatic hydroxyl groups is 1. The summed E-state index contributed by atoms with van der Waals surface area (Å²) in [4.78, 5) is 37.6. The van der Waals surface area contributed by atoms with E-state index in [-0.39, 0.29) is 24.2 Å². The number of carboxylic acids is 1. The van der Waals surface area contributed by atoms with E-state index in [1.54, 1.807) is 61.7 Å². The van der Waals surface area contributed by atoms with Gasteiger partial charge in [-0.2, -0.15) is 0 Å². The summed E-state index contributed by atoms with van der Waals surface area (Å²) in [5.41, 5.74) is 1.63. The van der Waals surface area contributed by atoms with E-state index in [9.17, 15) is 19.5 Å². The molecule has 1 saturated heterocycles. The smallest absolute Gasteiger partial charge is 0.303 e. The van der Waals surface area contributed by atoms with Gasteiger partial charge < -0.3 is 19.8 Å². The van der Waals surface area contributed by atoms with Crippen molar-refractivity contribution in [1.29, 1.82) is 0 Å². The van der Waals surface area contributed by atoms with Crippen LogP contribution in [-0.4, -0.2) is 52.5 Å². The summed E-state index contributed by atoms with van der Waals surface area (Å²) in [6.45, 7) is 0.628. The molecule has 0 bridgehead atoms. The molecule has 35 heavy (non-hydrogen) atoms. The Bertz CT molecular complexity index is 1050. The molecule has 1 heterocycles. The van der Waals surface area contributed by atoms with Gasteiger partial charge in [0.1, 0.15) is 5.75 Å². The number of rotatable bonds is 13. The van der Waals surface area contributed by atoms with Crippen LogP contribution >= 0.6 is 0 Å². The molecule has 7 heteroatoms. The Balaban J connectivity index is 1.58. The molecule has 7 nitrogen and oxygen atoms in total. The number of amides is 1. The summed E-state index contributed by atoms with van der Waals surface area (Å²) < 4.78 is 5.14. The first-order chi connectivity index (χ1) is 16.9. The van der Waals surface area contributed by atoms with Crippen LogP contribution in [0.15, 0.2) is 60.7 Å². The molecule has 2 unspecified atom stereocenters. The van der Waals surface area contributed by atoms with Crippen molar-refractivity contribution in [3.63, 3.8) is 0 Å². The van der Waals surface area contributed by atoms with E-state index in [2.05, 4.69) is 0 Å². The maximum atomic E-state index is 12.9. The van der Waals surface area contributed by atoms with Gasteiger partial charge in [0.25, 0.3) is 0 Å². The molecule has 0 saturated carbocycles. The lowest BCUT2D eigenvalue weighted by Crippen LogP contribution is -2.32. The number of nitrogens with zero attached hydrogens (tertiary/aromatic N) is 1. The molecule has 0 spiro atoms. The van der Waals surface area contributed by atoms with Crippen LogP contribution in [0, 0.1) is 0 Å². The molecule has 186 valence electrons. The van der Waals surface area contributed by atoms with Crippen LogP contribution in [0.2, 0.25) is 0 Å². The molecular weight excluding hydrogens is 446 g/mol. The van der Waals surface area contributed by atoms with Gasteiger partial charge in [-0.1, -0.05) is 43.2 Å². The van der Waals surface area contributed by atoms with Crippen molar-refractivity contribution in [3.05, 3.63) is 77.4 Å². The molecule has 1 aliphatic rings. The van der Waals surface area contributed by atoms with E-state index >= 15 is 0 Å². The van der Waals surface area contributed by atoms with Crippen molar-refractivity contribution in [1.82, 2.24) is 4.90 Å². The molecule has 2 atom stereocenters. The van der Waals surface area contributed by atoms with Crippen LogP contribution in [0.1, 0.15) is 72.5 Å². The van der Waals surface area contributed by atoms with Crippen molar-refractivity contribution in [3.8, 4) is 5.75 Å². The highest BCUT2D eigenvalue weighted by Crippen LogP contribution is 2.24. The fraction of sp³-hybridized carbons (Fsp3) is 0.393. The normalized spacial score (nSPS) is 16.6. The van der Waals surface area contributed by atoms with Crippen LogP contribution in [0.4, 0.5) is 0 Å². The van der Waals surface area contributed by atoms with Crippen LogP contribution in [0.3, 0.4) is 0 Å². The van der Waals surface area contributed by atoms with Crippen LogP contribution in [0.25, 0.3) is 0 Å². The minimum Gasteiger partial charge on any atom is -0.497 e. The summed E-state index contributed by atoms with van der Waals surface area (Å²) in [5, 5.41) is 19.4. The van der Waals surface area contributed by atoms with Gasteiger partial charge >= 0.3 is 5.97 Å². The molecule has 0 aromatic heterocycles. The minimum absolute atomic E-state index is 0.0692. The maximum absolute atomic E-state index is 12.9. The number of benzene rings is 2. The number of carbonyl (C=O) groups excluding carboxylic acids is 2. The molecule has 3 rings (SSSR count). The molecular formula is C28H33NO6. The first-order valence-corrected chi connectivity index (χ1v) is 12.1. The van der Waals surface area contributed by atoms with Crippen molar-refractivity contribution < 1.29 is 29.3 Å². The van der Waals surface area contributed by atoms with Crippen molar-refractivity contribution in [2.45, 2.75) is 57.1 Å². The molecule has 1 fully saturated rings. The fourth-order valence-corrected chi connectivity index (χ4v) is 4.28. The zero-order valence-corrected chi connectivity index (χ0v) is 20.1. The highest BCUT2D eigenvalue weighted by atomic mass is 16.5. The summed E-state index contributed by atoms with van der Waals surface area (Å²) in [6, 6.07) is 13.8. The van der Waals surface area contributed by atoms with Gasteiger partial charge in [-0.3, -0.25) is 14.4 Å². The van der Waals surface area contributed by atoms with Crippen LogP contribution in [-0.2, 0) is 9.59 Å². The number of hydrogen-bond acceptors (Lipinski definition) is 5. The highest BCUT2D eigenvalue weighted by molar-refractivity contribution is 6.09. The highest BCUT2D eigenvalue weighted by Gasteiger charge is 2.28. The quantitative estimate of drug-likeness (QED) is 0.248. The Morgan fingerprint density at radius 2 is 1.83 bits per heavy atom. The Kier molecular flexibility index (Phi) is 9.61. The van der Waals surface area contributed by atoms with Gasteiger partial charge in [0.05, 0.1) is 19.3 Å². The number of aliphatic carboxylic acids is 1. The molecule has 0 aliphatic carbocycles. The molecule has 2 aromatic rings. The Morgan fingerprint density at radius 1 is 1.09 bits per heavy atom. The van der Waals surface area contributed by atoms with Gasteiger partial charge in [-0.05, 0) is 55.2 Å². The number of ketones is 1. The number of ether oxygens (including phenoxy) is 1. The zero-order valence-electron chi connectivity index (χ0n) is 20.1. The summed E-state index contributed by atoms with van der Waals surface area (Å²) >= 11 is 0. The lowest BCUT2D eigenvalue weighted by atomic mass is 9.99. The fourth-order valence-electron chi connectivity index (χ4n) is 4.28. The van der Waals surface area contributed by atoms with Gasteiger partial charge in [0, 0.05) is 30.5 Å². The van der Waals surface area contributed by atoms with E-state index in [1.807, 2.05) is 11.0 Å². The van der Waals surface area contributed by atoms with Crippen molar-refractivity contribution in [2.24, 2.45) is 0 Å². The average Bonchev–Trinajstić information content (AvgIpc) is 3.23. The standard InChI is InChI=1S/C28H33NO6/c1-35-24-14-10-20(11-15-24)28(34)22-8-6-7-21(19-22)25(30)16-12-23-13-17-26(31)29(23)18-5-3-2-4-9-27(32)33/h6-8,10-12,14-16,19,23,25,30H,2-5,9,13,17-18H2,1H3,(H,32,33). The van der Waals surface area contributed by atoms with Gasteiger partial charge in [0.15, 0.2) is 5.78 Å². The summed E-state index contributed by atoms with van der Waals surface area (Å²) in [5.74, 6) is -0.138. The number of hydrogen-bond donors (Lipinski definition) is 2. The third kappa shape index (κ3) is 7.52. The number of aliphatic hydroxyl groups excluding tert-OH is 1. The van der Waals surface area contributed by atoms with Crippen molar-refractivity contribution in [2.75, 3.05) is 13.7 Å². The third-order valence-corrected chi connectivity index (χ3v) is 6.27. The maximum Gasteiger partial charge on any atom is 0.303 e. The molecule has 1 amide bonds. The van der Waals surface area contributed by atoms with Crippen LogP contribution in [0.5, 0.6) is 5.75 Å². The second-order valence-electron chi connectivity index (χ2n) is 8.76. The number of methoxy groups -OCH3 is 1. The molecule has 0 radical (unpaired) electrons. The summed E-state index contributed by atoms with van der Waals surface area (Å²) in [6.07, 6.45) is 7.22. The Morgan fingerprint density at radius 3 is 2.54 bits per heavy atom. The van der Waals surface area contributed by atoms with E-state index < -0.39 is 12.1 Å². The topological polar surface area (TPSA) is 104 Å². The zero-order chi connectivity index (χ0) is 25.2. The van der Waals surface area contributed by atoms with E-state index in [0.29, 0.717) is 48.2 Å². The first-order valence-electron chi connectivity index (χ1n) is 12.1. The largest absolute Gasteiger partial charge is 0.497 e.